The number of benzene rings is 1. The summed E-state index contributed by atoms with van der Waals surface area (Å²) in [6.45, 7) is 8.06. The summed E-state index contributed by atoms with van der Waals surface area (Å²) >= 11 is 0. The molecule has 1 atom stereocenters. The summed E-state index contributed by atoms with van der Waals surface area (Å²) < 4.78 is 13.3. The van der Waals surface area contributed by atoms with Gasteiger partial charge in [-0.3, -0.25) is 4.98 Å². The Hall–Kier alpha value is -1.74. The van der Waals surface area contributed by atoms with Gasteiger partial charge in [-0.05, 0) is 29.5 Å². The molecular formula is C17H20FNO. The molecular weight excluding hydrogens is 253 g/mol. The molecule has 2 nitrogen and oxygen atoms in total. The Balaban J connectivity index is 2.39. The van der Waals surface area contributed by atoms with Crippen LogP contribution in [0.5, 0.6) is 0 Å². The zero-order valence-corrected chi connectivity index (χ0v) is 12.3. The maximum absolute atomic E-state index is 13.3. The van der Waals surface area contributed by atoms with E-state index in [0.29, 0.717) is 5.56 Å². The fraction of sp³-hybridized carbons (Fsp3) is 0.353. The van der Waals surface area contributed by atoms with Gasteiger partial charge in [0.1, 0.15) is 11.4 Å². The second kappa shape index (κ2) is 4.98. The van der Waals surface area contributed by atoms with Crippen molar-refractivity contribution < 1.29 is 9.50 Å². The first kappa shape index (κ1) is 14.7. The number of aromatic nitrogens is 1. The fourth-order valence-corrected chi connectivity index (χ4v) is 2.14. The van der Waals surface area contributed by atoms with Gasteiger partial charge in [0.15, 0.2) is 0 Å². The van der Waals surface area contributed by atoms with Crippen LogP contribution in [0.4, 0.5) is 4.39 Å². The molecule has 0 bridgehead atoms. The lowest BCUT2D eigenvalue weighted by atomic mass is 9.83. The van der Waals surface area contributed by atoms with Crippen molar-refractivity contribution in [3.63, 3.8) is 0 Å². The maximum atomic E-state index is 13.3. The third-order valence-electron chi connectivity index (χ3n) is 3.58. The molecule has 0 saturated heterocycles. The van der Waals surface area contributed by atoms with E-state index in [1.54, 1.807) is 6.92 Å². The Morgan fingerprint density at radius 1 is 0.900 bits per heavy atom. The van der Waals surface area contributed by atoms with Crippen LogP contribution in [0.15, 0.2) is 42.7 Å². The van der Waals surface area contributed by atoms with E-state index in [-0.39, 0.29) is 5.41 Å². The van der Waals surface area contributed by atoms with Crippen LogP contribution in [0.2, 0.25) is 0 Å². The normalized spacial score (nSPS) is 14.9. The molecule has 0 aliphatic carbocycles. The number of aliphatic hydroxyl groups is 1. The number of hydrogen-bond acceptors (Lipinski definition) is 2. The van der Waals surface area contributed by atoms with Crippen molar-refractivity contribution in [3.8, 4) is 0 Å². The van der Waals surface area contributed by atoms with Crippen molar-refractivity contribution in [1.29, 1.82) is 0 Å². The van der Waals surface area contributed by atoms with Gasteiger partial charge in [0.05, 0.1) is 6.20 Å². The highest BCUT2D eigenvalue weighted by Gasteiger charge is 2.27. The van der Waals surface area contributed by atoms with Gasteiger partial charge in [0.25, 0.3) is 0 Å². The second-order valence-electron chi connectivity index (χ2n) is 6.29. The van der Waals surface area contributed by atoms with Crippen LogP contribution in [-0.4, -0.2) is 10.1 Å². The monoisotopic (exact) mass is 273 g/mol. The molecule has 1 heterocycles. The molecule has 1 N–H and O–H groups in total. The number of nitrogens with zero attached hydrogens (tertiary/aromatic N) is 1. The number of halogens is 1. The molecule has 2 aromatic rings. The van der Waals surface area contributed by atoms with Crippen LogP contribution < -0.4 is 0 Å². The SMILES string of the molecule is CC(C)(C)c1ccc(C(C)(O)c2cncc(F)c2)cc1. The first-order valence-corrected chi connectivity index (χ1v) is 6.66. The molecule has 0 amide bonds. The summed E-state index contributed by atoms with van der Waals surface area (Å²) in [5.74, 6) is -0.450. The van der Waals surface area contributed by atoms with E-state index < -0.39 is 11.4 Å². The molecule has 1 aromatic heterocycles. The number of pyridine rings is 1. The van der Waals surface area contributed by atoms with Crippen molar-refractivity contribution in [2.45, 2.75) is 38.7 Å². The Labute approximate surface area is 119 Å². The quantitative estimate of drug-likeness (QED) is 0.903. The molecule has 0 radical (unpaired) electrons. The van der Waals surface area contributed by atoms with E-state index in [1.807, 2.05) is 24.3 Å². The van der Waals surface area contributed by atoms with Gasteiger partial charge in [-0.25, -0.2) is 4.39 Å². The van der Waals surface area contributed by atoms with Gasteiger partial charge in [0.2, 0.25) is 0 Å². The minimum absolute atomic E-state index is 0.0603. The Morgan fingerprint density at radius 2 is 1.45 bits per heavy atom. The topological polar surface area (TPSA) is 33.1 Å². The lowest BCUT2D eigenvalue weighted by Crippen LogP contribution is -2.23. The van der Waals surface area contributed by atoms with Crippen molar-refractivity contribution >= 4 is 0 Å². The molecule has 20 heavy (non-hydrogen) atoms. The van der Waals surface area contributed by atoms with Crippen LogP contribution >= 0.6 is 0 Å². The molecule has 2 rings (SSSR count). The average molecular weight is 273 g/mol. The van der Waals surface area contributed by atoms with Gasteiger partial charge in [-0.2, -0.15) is 0 Å². The van der Waals surface area contributed by atoms with Crippen LogP contribution in [0.3, 0.4) is 0 Å². The second-order valence-corrected chi connectivity index (χ2v) is 6.29. The Kier molecular flexibility index (Phi) is 3.65. The summed E-state index contributed by atoms with van der Waals surface area (Å²) in [6.07, 6.45) is 2.61. The van der Waals surface area contributed by atoms with E-state index >= 15 is 0 Å². The molecule has 0 aliphatic rings. The summed E-state index contributed by atoms with van der Waals surface area (Å²) in [4.78, 5) is 3.80. The first-order valence-electron chi connectivity index (χ1n) is 6.66. The predicted octanol–water partition coefficient (Wildman–Crippen LogP) is 3.77. The summed E-state index contributed by atoms with van der Waals surface area (Å²) in [7, 11) is 0. The molecule has 0 saturated carbocycles. The molecule has 3 heteroatoms. The first-order chi connectivity index (χ1) is 9.21. The van der Waals surface area contributed by atoms with E-state index in [9.17, 15) is 9.50 Å². The molecule has 1 unspecified atom stereocenters. The molecule has 0 fully saturated rings. The standard InChI is InChI=1S/C17H20FNO/c1-16(2,3)12-5-7-13(8-6-12)17(4,20)14-9-15(18)11-19-10-14/h5-11,20H,1-4H3. The van der Waals surface area contributed by atoms with Crippen molar-refractivity contribution in [2.75, 3.05) is 0 Å². The lowest BCUT2D eigenvalue weighted by Gasteiger charge is -2.26. The van der Waals surface area contributed by atoms with Crippen molar-refractivity contribution in [3.05, 3.63) is 65.2 Å². The summed E-state index contributed by atoms with van der Waals surface area (Å²) in [6, 6.07) is 9.06. The fourth-order valence-electron chi connectivity index (χ4n) is 2.14. The molecule has 0 aliphatic heterocycles. The van der Waals surface area contributed by atoms with Crippen LogP contribution in [0.1, 0.15) is 44.4 Å². The highest BCUT2D eigenvalue weighted by atomic mass is 19.1. The number of rotatable bonds is 2. The van der Waals surface area contributed by atoms with Crippen molar-refractivity contribution in [1.82, 2.24) is 4.98 Å². The average Bonchev–Trinajstić information content (AvgIpc) is 2.38. The molecule has 1 aromatic carbocycles. The van der Waals surface area contributed by atoms with Gasteiger partial charge in [0, 0.05) is 11.8 Å². The highest BCUT2D eigenvalue weighted by molar-refractivity contribution is 5.36. The molecule has 106 valence electrons. The van der Waals surface area contributed by atoms with Gasteiger partial charge < -0.3 is 5.11 Å². The highest BCUT2D eigenvalue weighted by Crippen LogP contribution is 2.31. The van der Waals surface area contributed by atoms with Crippen LogP contribution in [0.25, 0.3) is 0 Å². The minimum Gasteiger partial charge on any atom is -0.381 e. The van der Waals surface area contributed by atoms with Gasteiger partial charge >= 0.3 is 0 Å². The minimum atomic E-state index is -1.26. The van der Waals surface area contributed by atoms with E-state index in [4.69, 9.17) is 0 Å². The van der Waals surface area contributed by atoms with Gasteiger partial charge in [-0.15, -0.1) is 0 Å². The van der Waals surface area contributed by atoms with Gasteiger partial charge in [-0.1, -0.05) is 45.0 Å². The van der Waals surface area contributed by atoms with Crippen molar-refractivity contribution in [2.24, 2.45) is 0 Å². The Bertz CT molecular complexity index is 597. The van der Waals surface area contributed by atoms with E-state index in [0.717, 1.165) is 11.8 Å². The number of hydrogen-bond donors (Lipinski definition) is 1. The zero-order valence-electron chi connectivity index (χ0n) is 12.3. The largest absolute Gasteiger partial charge is 0.381 e. The predicted molar refractivity (Wildman–Crippen MR) is 78.0 cm³/mol. The zero-order chi connectivity index (χ0) is 15.0. The van der Waals surface area contributed by atoms with Crippen LogP contribution in [-0.2, 0) is 11.0 Å². The third kappa shape index (κ3) is 2.88. The summed E-state index contributed by atoms with van der Waals surface area (Å²) in [5.41, 5.74) is 1.16. The third-order valence-corrected chi connectivity index (χ3v) is 3.58. The maximum Gasteiger partial charge on any atom is 0.141 e. The summed E-state index contributed by atoms with van der Waals surface area (Å²) in [5, 5.41) is 10.7. The van der Waals surface area contributed by atoms with E-state index in [1.165, 1.54) is 17.8 Å². The Morgan fingerprint density at radius 3 is 1.95 bits per heavy atom. The van der Waals surface area contributed by atoms with E-state index in [2.05, 4.69) is 25.8 Å². The van der Waals surface area contributed by atoms with Crippen LogP contribution in [0, 0.1) is 5.82 Å². The smallest absolute Gasteiger partial charge is 0.141 e. The molecule has 0 spiro atoms. The lowest BCUT2D eigenvalue weighted by molar-refractivity contribution is 0.101.